The Morgan fingerprint density at radius 2 is 1.76 bits per heavy atom. The molecule has 25 heavy (non-hydrogen) atoms. The average molecular weight is 336 g/mol. The summed E-state index contributed by atoms with van der Waals surface area (Å²) in [5, 5.41) is 7.76. The van der Waals surface area contributed by atoms with Gasteiger partial charge in [0, 0.05) is 24.8 Å². The van der Waals surface area contributed by atoms with Gasteiger partial charge in [-0.15, -0.1) is 0 Å². The Hall–Kier alpha value is -3.12. The topological polar surface area (TPSA) is 82.2 Å². The molecule has 6 nitrogen and oxygen atoms in total. The fourth-order valence-electron chi connectivity index (χ4n) is 2.38. The van der Waals surface area contributed by atoms with Crippen molar-refractivity contribution in [2.24, 2.45) is 5.73 Å². The summed E-state index contributed by atoms with van der Waals surface area (Å²) in [7, 11) is 0. The molecule has 0 unspecified atom stereocenters. The number of hydrogen-bond acceptors (Lipinski definition) is 4. The molecule has 3 N–H and O–H groups in total. The maximum atomic E-state index is 10.7. The zero-order valence-electron chi connectivity index (χ0n) is 13.8. The molecule has 0 aliphatic rings. The second-order valence-electron chi connectivity index (χ2n) is 5.63. The molecule has 1 aromatic heterocycles. The van der Waals surface area contributed by atoms with Crippen molar-refractivity contribution in [3.63, 3.8) is 0 Å². The van der Waals surface area contributed by atoms with Gasteiger partial charge >= 0.3 is 0 Å². The van der Waals surface area contributed by atoms with Gasteiger partial charge in [0.05, 0.1) is 11.9 Å². The molecule has 3 aromatic rings. The van der Waals surface area contributed by atoms with Crippen LogP contribution in [0.3, 0.4) is 0 Å². The summed E-state index contributed by atoms with van der Waals surface area (Å²) < 4.78 is 7.10. The first-order valence-corrected chi connectivity index (χ1v) is 8.00. The highest BCUT2D eigenvalue weighted by Gasteiger charge is 2.01. The third-order valence-corrected chi connectivity index (χ3v) is 3.62. The van der Waals surface area contributed by atoms with Crippen LogP contribution in [-0.2, 0) is 17.9 Å². The molecule has 0 aliphatic carbocycles. The van der Waals surface area contributed by atoms with Crippen LogP contribution < -0.4 is 15.8 Å². The van der Waals surface area contributed by atoms with Gasteiger partial charge in [-0.2, -0.15) is 5.10 Å². The summed E-state index contributed by atoms with van der Waals surface area (Å²) >= 11 is 0. The van der Waals surface area contributed by atoms with E-state index in [2.05, 4.69) is 10.4 Å². The average Bonchev–Trinajstić information content (AvgIpc) is 3.11. The van der Waals surface area contributed by atoms with Crippen LogP contribution in [0.4, 0.5) is 0 Å². The van der Waals surface area contributed by atoms with Crippen LogP contribution in [0.25, 0.3) is 5.69 Å². The van der Waals surface area contributed by atoms with Gasteiger partial charge in [-0.1, -0.05) is 30.3 Å². The van der Waals surface area contributed by atoms with Crippen LogP contribution in [0.1, 0.15) is 11.1 Å². The smallest absolute Gasteiger partial charge is 0.255 e. The summed E-state index contributed by atoms with van der Waals surface area (Å²) in [4.78, 5) is 10.7. The lowest BCUT2D eigenvalue weighted by Crippen LogP contribution is -2.20. The van der Waals surface area contributed by atoms with Crippen LogP contribution in [0.2, 0.25) is 0 Å². The molecule has 0 bridgehead atoms. The van der Waals surface area contributed by atoms with E-state index < -0.39 is 5.91 Å². The van der Waals surface area contributed by atoms with Crippen molar-refractivity contribution >= 4 is 5.91 Å². The summed E-state index contributed by atoms with van der Waals surface area (Å²) in [5.41, 5.74) is 8.33. The first kappa shape index (κ1) is 16.7. The lowest BCUT2D eigenvalue weighted by Gasteiger charge is -2.06. The quantitative estimate of drug-likeness (QED) is 0.659. The minimum absolute atomic E-state index is 0.108. The molecule has 2 aromatic carbocycles. The number of aromatic nitrogens is 2. The summed E-state index contributed by atoms with van der Waals surface area (Å²) in [6.07, 6.45) is 3.88. The fraction of sp³-hybridized carbons (Fsp3) is 0.158. The molecule has 6 heteroatoms. The summed E-state index contributed by atoms with van der Waals surface area (Å²) in [5.74, 6) is 0.147. The van der Waals surface area contributed by atoms with Crippen molar-refractivity contribution in [1.29, 1.82) is 0 Å². The molecule has 0 atom stereocenters. The Balaban J connectivity index is 1.48. The number of benzene rings is 2. The van der Waals surface area contributed by atoms with E-state index in [9.17, 15) is 4.79 Å². The van der Waals surface area contributed by atoms with E-state index in [0.717, 1.165) is 29.9 Å². The SMILES string of the molecule is NC(=O)COc1ccc(CNCc2cnn(-c3ccccc3)c2)cc1. The highest BCUT2D eigenvalue weighted by atomic mass is 16.5. The fourth-order valence-corrected chi connectivity index (χ4v) is 2.38. The number of rotatable bonds is 8. The highest BCUT2D eigenvalue weighted by Crippen LogP contribution is 2.12. The number of para-hydroxylation sites is 1. The number of nitrogens with two attached hydrogens (primary N) is 1. The van der Waals surface area contributed by atoms with Gasteiger partial charge in [0.25, 0.3) is 5.91 Å². The van der Waals surface area contributed by atoms with Crippen molar-refractivity contribution in [2.75, 3.05) is 6.61 Å². The second kappa shape index (κ2) is 8.12. The molecule has 0 fully saturated rings. The van der Waals surface area contributed by atoms with Crippen molar-refractivity contribution in [3.05, 3.63) is 78.1 Å². The number of amides is 1. The van der Waals surface area contributed by atoms with E-state index >= 15 is 0 Å². The molecular weight excluding hydrogens is 316 g/mol. The van der Waals surface area contributed by atoms with Gasteiger partial charge in [-0.05, 0) is 29.8 Å². The maximum absolute atomic E-state index is 10.7. The zero-order valence-corrected chi connectivity index (χ0v) is 13.8. The van der Waals surface area contributed by atoms with Crippen LogP contribution in [0.15, 0.2) is 67.0 Å². The van der Waals surface area contributed by atoms with Crippen LogP contribution >= 0.6 is 0 Å². The van der Waals surface area contributed by atoms with Crippen LogP contribution in [-0.4, -0.2) is 22.3 Å². The van der Waals surface area contributed by atoms with Crippen molar-refractivity contribution in [2.45, 2.75) is 13.1 Å². The lowest BCUT2D eigenvalue weighted by molar-refractivity contribution is -0.119. The van der Waals surface area contributed by atoms with Gasteiger partial charge in [0.1, 0.15) is 5.75 Å². The first-order valence-electron chi connectivity index (χ1n) is 8.00. The second-order valence-corrected chi connectivity index (χ2v) is 5.63. The molecule has 0 radical (unpaired) electrons. The van der Waals surface area contributed by atoms with Gasteiger partial charge < -0.3 is 15.8 Å². The van der Waals surface area contributed by atoms with Gasteiger partial charge in [0.15, 0.2) is 6.61 Å². The molecule has 1 amide bonds. The molecule has 0 saturated carbocycles. The Morgan fingerprint density at radius 3 is 2.48 bits per heavy atom. The standard InChI is InChI=1S/C19H20N4O2/c20-19(24)14-25-18-8-6-15(7-9-18)10-21-11-16-12-22-23(13-16)17-4-2-1-3-5-17/h1-9,12-13,21H,10-11,14H2,(H2,20,24). The molecule has 3 rings (SSSR count). The lowest BCUT2D eigenvalue weighted by atomic mass is 10.2. The predicted octanol–water partition coefficient (Wildman–Crippen LogP) is 2.03. The molecule has 0 spiro atoms. The number of carbonyl (C=O) groups is 1. The van der Waals surface area contributed by atoms with E-state index in [0.29, 0.717) is 5.75 Å². The normalized spacial score (nSPS) is 10.6. The number of nitrogens with zero attached hydrogens (tertiary/aromatic N) is 2. The van der Waals surface area contributed by atoms with Crippen LogP contribution in [0, 0.1) is 0 Å². The number of nitrogens with one attached hydrogen (secondary N) is 1. The first-order chi connectivity index (χ1) is 12.2. The maximum Gasteiger partial charge on any atom is 0.255 e. The monoisotopic (exact) mass is 336 g/mol. The Morgan fingerprint density at radius 1 is 1.04 bits per heavy atom. The number of ether oxygens (including phenoxy) is 1. The van der Waals surface area contributed by atoms with Gasteiger partial charge in [-0.25, -0.2) is 4.68 Å². The zero-order chi connectivity index (χ0) is 17.5. The molecule has 0 saturated heterocycles. The van der Waals surface area contributed by atoms with E-state index in [1.54, 1.807) is 0 Å². The Kier molecular flexibility index (Phi) is 5.43. The van der Waals surface area contributed by atoms with E-state index in [1.807, 2.05) is 71.7 Å². The van der Waals surface area contributed by atoms with Gasteiger partial charge in [0.2, 0.25) is 0 Å². The summed E-state index contributed by atoms with van der Waals surface area (Å²) in [6.45, 7) is 1.35. The predicted molar refractivity (Wildman–Crippen MR) is 95.2 cm³/mol. The summed E-state index contributed by atoms with van der Waals surface area (Å²) in [6, 6.07) is 17.6. The Labute approximate surface area is 146 Å². The van der Waals surface area contributed by atoms with Crippen molar-refractivity contribution in [1.82, 2.24) is 15.1 Å². The Bertz CT molecular complexity index is 813. The third-order valence-electron chi connectivity index (χ3n) is 3.62. The molecular formula is C19H20N4O2. The minimum atomic E-state index is -0.484. The van der Waals surface area contributed by atoms with E-state index in [-0.39, 0.29) is 6.61 Å². The molecule has 128 valence electrons. The number of hydrogen-bond donors (Lipinski definition) is 2. The molecule has 0 aliphatic heterocycles. The van der Waals surface area contributed by atoms with Crippen molar-refractivity contribution in [3.8, 4) is 11.4 Å². The van der Waals surface area contributed by atoms with E-state index in [1.165, 1.54) is 0 Å². The van der Waals surface area contributed by atoms with Gasteiger partial charge in [-0.3, -0.25) is 4.79 Å². The minimum Gasteiger partial charge on any atom is -0.484 e. The highest BCUT2D eigenvalue weighted by molar-refractivity contribution is 5.75. The third kappa shape index (κ3) is 4.92. The van der Waals surface area contributed by atoms with Crippen LogP contribution in [0.5, 0.6) is 5.75 Å². The number of primary amides is 1. The van der Waals surface area contributed by atoms with E-state index in [4.69, 9.17) is 10.5 Å². The van der Waals surface area contributed by atoms with Crippen molar-refractivity contribution < 1.29 is 9.53 Å². The number of carbonyl (C=O) groups excluding carboxylic acids is 1. The largest absolute Gasteiger partial charge is 0.484 e. The molecule has 1 heterocycles.